The van der Waals surface area contributed by atoms with Crippen molar-refractivity contribution in [3.63, 3.8) is 0 Å². The van der Waals surface area contributed by atoms with E-state index in [0.29, 0.717) is 44.8 Å². The monoisotopic (exact) mass is 434 g/mol. The average molecular weight is 435 g/mol. The van der Waals surface area contributed by atoms with Crippen LogP contribution in [0.5, 0.6) is 0 Å². The molecule has 1 saturated heterocycles. The molecule has 152 valence electrons. The van der Waals surface area contributed by atoms with E-state index < -0.39 is 0 Å². The van der Waals surface area contributed by atoms with Crippen LogP contribution in [0.15, 0.2) is 40.8 Å². The molecule has 1 unspecified atom stereocenters. The highest BCUT2D eigenvalue weighted by atomic mass is 35.5. The molecule has 4 rings (SSSR count). The van der Waals surface area contributed by atoms with Crippen molar-refractivity contribution in [3.05, 3.63) is 52.0 Å². The molecule has 0 amide bonds. The fourth-order valence-electron chi connectivity index (χ4n) is 3.39. The van der Waals surface area contributed by atoms with Crippen molar-refractivity contribution in [2.24, 2.45) is 0 Å². The van der Waals surface area contributed by atoms with E-state index in [1.165, 1.54) is 0 Å². The Morgan fingerprint density at radius 1 is 1.24 bits per heavy atom. The number of rotatable bonds is 6. The molecule has 1 atom stereocenters. The van der Waals surface area contributed by atoms with Crippen molar-refractivity contribution in [2.75, 3.05) is 33.4 Å². The van der Waals surface area contributed by atoms with Gasteiger partial charge in [0.15, 0.2) is 5.58 Å². The number of benzene rings is 2. The summed E-state index contributed by atoms with van der Waals surface area (Å²) < 4.78 is 16.6. The number of aromatic nitrogens is 1. The van der Waals surface area contributed by atoms with Gasteiger partial charge in [-0.25, -0.2) is 9.78 Å². The minimum absolute atomic E-state index is 0.117. The van der Waals surface area contributed by atoms with Gasteiger partial charge in [0.2, 0.25) is 5.89 Å². The number of hydrogen-bond donors (Lipinski definition) is 0. The molecule has 0 N–H and O–H groups in total. The highest BCUT2D eigenvalue weighted by molar-refractivity contribution is 6.35. The van der Waals surface area contributed by atoms with Crippen molar-refractivity contribution >= 4 is 40.3 Å². The van der Waals surface area contributed by atoms with Crippen LogP contribution in [-0.2, 0) is 9.47 Å². The fourth-order valence-corrected chi connectivity index (χ4v) is 3.91. The molecule has 3 aromatic rings. The van der Waals surface area contributed by atoms with Gasteiger partial charge in [-0.2, -0.15) is 0 Å². The van der Waals surface area contributed by atoms with E-state index in [-0.39, 0.29) is 12.1 Å². The van der Waals surface area contributed by atoms with E-state index in [2.05, 4.69) is 9.88 Å². The molecule has 6 nitrogen and oxygen atoms in total. The summed E-state index contributed by atoms with van der Waals surface area (Å²) in [6.45, 7) is 3.13. The van der Waals surface area contributed by atoms with E-state index >= 15 is 0 Å². The van der Waals surface area contributed by atoms with Gasteiger partial charge in [-0.05, 0) is 42.8 Å². The SMILES string of the molecule is COCCN1CCC(OC(=O)c2ccc3nc(-c4cc(Cl)cc(Cl)c4)oc3c2)C1. The Kier molecular flexibility index (Phi) is 6.06. The van der Waals surface area contributed by atoms with Gasteiger partial charge in [-0.3, -0.25) is 4.90 Å². The standard InChI is InChI=1S/C21H20Cl2N2O4/c1-27-7-6-25-5-4-17(12-25)28-21(26)13-2-3-18-19(10-13)29-20(24-18)14-8-15(22)11-16(23)9-14/h2-3,8-11,17H,4-7,12H2,1H3. The second kappa shape index (κ2) is 8.71. The summed E-state index contributed by atoms with van der Waals surface area (Å²) in [4.78, 5) is 19.2. The van der Waals surface area contributed by atoms with E-state index in [9.17, 15) is 4.79 Å². The van der Waals surface area contributed by atoms with Crippen LogP contribution in [0.25, 0.3) is 22.6 Å². The summed E-state index contributed by atoms with van der Waals surface area (Å²) in [5, 5.41) is 0.991. The second-order valence-electron chi connectivity index (χ2n) is 6.97. The van der Waals surface area contributed by atoms with Crippen LogP contribution in [0.1, 0.15) is 16.8 Å². The quantitative estimate of drug-likeness (QED) is 0.524. The first-order valence-electron chi connectivity index (χ1n) is 9.31. The number of oxazole rings is 1. The number of carbonyl (C=O) groups is 1. The molecule has 0 radical (unpaired) electrons. The normalized spacial score (nSPS) is 17.1. The maximum absolute atomic E-state index is 12.6. The molecule has 1 fully saturated rings. The number of halogens is 2. The minimum atomic E-state index is -0.366. The third-order valence-corrected chi connectivity index (χ3v) is 5.28. The molecule has 2 aromatic carbocycles. The first-order valence-corrected chi connectivity index (χ1v) is 10.1. The largest absolute Gasteiger partial charge is 0.457 e. The zero-order valence-corrected chi connectivity index (χ0v) is 17.4. The summed E-state index contributed by atoms with van der Waals surface area (Å²) in [5.41, 5.74) is 2.24. The van der Waals surface area contributed by atoms with Crippen LogP contribution in [-0.4, -0.2) is 55.3 Å². The number of nitrogens with zero attached hydrogens (tertiary/aromatic N) is 2. The summed E-state index contributed by atoms with van der Waals surface area (Å²) >= 11 is 12.1. The van der Waals surface area contributed by atoms with Crippen LogP contribution in [0.3, 0.4) is 0 Å². The first-order chi connectivity index (χ1) is 14.0. The third-order valence-electron chi connectivity index (χ3n) is 4.85. The topological polar surface area (TPSA) is 64.8 Å². The number of likely N-dealkylation sites (tertiary alicyclic amines) is 1. The Balaban J connectivity index is 1.48. The van der Waals surface area contributed by atoms with E-state index in [4.69, 9.17) is 37.1 Å². The second-order valence-corrected chi connectivity index (χ2v) is 7.84. The lowest BCUT2D eigenvalue weighted by atomic mass is 10.2. The van der Waals surface area contributed by atoms with Crippen molar-refractivity contribution in [1.82, 2.24) is 9.88 Å². The van der Waals surface area contributed by atoms with Crippen LogP contribution in [0.2, 0.25) is 10.0 Å². The molecule has 1 aliphatic rings. The third kappa shape index (κ3) is 4.73. The smallest absolute Gasteiger partial charge is 0.338 e. The maximum atomic E-state index is 12.6. The van der Waals surface area contributed by atoms with Crippen molar-refractivity contribution in [1.29, 1.82) is 0 Å². The molecule has 0 saturated carbocycles. The number of carbonyl (C=O) groups excluding carboxylic acids is 1. The van der Waals surface area contributed by atoms with Crippen molar-refractivity contribution in [2.45, 2.75) is 12.5 Å². The Hall–Kier alpha value is -2.12. The summed E-state index contributed by atoms with van der Waals surface area (Å²) in [6, 6.07) is 10.2. The Morgan fingerprint density at radius 3 is 2.79 bits per heavy atom. The average Bonchev–Trinajstić information content (AvgIpc) is 3.31. The molecular weight excluding hydrogens is 415 g/mol. The number of fused-ring (bicyclic) bond motifs is 1. The minimum Gasteiger partial charge on any atom is -0.457 e. The van der Waals surface area contributed by atoms with Gasteiger partial charge in [0, 0.05) is 42.4 Å². The molecule has 1 aliphatic heterocycles. The van der Waals surface area contributed by atoms with Crippen LogP contribution < -0.4 is 0 Å². The highest BCUT2D eigenvalue weighted by Crippen LogP contribution is 2.30. The lowest BCUT2D eigenvalue weighted by Gasteiger charge is -2.15. The predicted molar refractivity (Wildman–Crippen MR) is 112 cm³/mol. The van der Waals surface area contributed by atoms with Gasteiger partial charge < -0.3 is 13.9 Å². The summed E-state index contributed by atoms with van der Waals surface area (Å²) in [7, 11) is 1.68. The van der Waals surface area contributed by atoms with E-state index in [1.54, 1.807) is 43.5 Å². The first kappa shape index (κ1) is 20.2. The number of methoxy groups -OCH3 is 1. The maximum Gasteiger partial charge on any atom is 0.338 e. The van der Waals surface area contributed by atoms with Gasteiger partial charge in [0.1, 0.15) is 11.6 Å². The van der Waals surface area contributed by atoms with Crippen LogP contribution >= 0.6 is 23.2 Å². The molecule has 29 heavy (non-hydrogen) atoms. The predicted octanol–water partition coefficient (Wildman–Crippen LogP) is 4.68. The van der Waals surface area contributed by atoms with Crippen molar-refractivity contribution < 1.29 is 18.7 Å². The molecule has 0 bridgehead atoms. The van der Waals surface area contributed by atoms with Gasteiger partial charge in [0.25, 0.3) is 0 Å². The van der Waals surface area contributed by atoms with E-state index in [1.807, 2.05) is 0 Å². The molecule has 8 heteroatoms. The Labute approximate surface area is 178 Å². The molecule has 0 aliphatic carbocycles. The summed E-state index contributed by atoms with van der Waals surface area (Å²) in [6.07, 6.45) is 0.702. The molecule has 1 aromatic heterocycles. The lowest BCUT2D eigenvalue weighted by molar-refractivity contribution is 0.0317. The lowest BCUT2D eigenvalue weighted by Crippen LogP contribution is -2.27. The molecule has 2 heterocycles. The Morgan fingerprint density at radius 2 is 2.03 bits per heavy atom. The van der Waals surface area contributed by atoms with Gasteiger partial charge >= 0.3 is 5.97 Å². The zero-order chi connectivity index (χ0) is 20.4. The Bertz CT molecular complexity index is 1020. The summed E-state index contributed by atoms with van der Waals surface area (Å²) in [5.74, 6) is 0.0220. The van der Waals surface area contributed by atoms with Gasteiger partial charge in [-0.15, -0.1) is 0 Å². The molecule has 0 spiro atoms. The zero-order valence-electron chi connectivity index (χ0n) is 15.9. The highest BCUT2D eigenvalue weighted by Gasteiger charge is 2.26. The fraction of sp³-hybridized carbons (Fsp3) is 0.333. The van der Waals surface area contributed by atoms with Gasteiger partial charge in [0.05, 0.1) is 12.2 Å². The number of ether oxygens (including phenoxy) is 2. The van der Waals surface area contributed by atoms with Crippen LogP contribution in [0, 0.1) is 0 Å². The van der Waals surface area contributed by atoms with Gasteiger partial charge in [-0.1, -0.05) is 23.2 Å². The van der Waals surface area contributed by atoms with E-state index in [0.717, 1.165) is 26.1 Å². The number of esters is 1. The molecular formula is C21H20Cl2N2O4. The number of hydrogen-bond acceptors (Lipinski definition) is 6. The van der Waals surface area contributed by atoms with Crippen LogP contribution in [0.4, 0.5) is 0 Å². The van der Waals surface area contributed by atoms with Crippen molar-refractivity contribution in [3.8, 4) is 11.5 Å².